The van der Waals surface area contributed by atoms with Gasteiger partial charge in [-0.3, -0.25) is 4.79 Å². The highest BCUT2D eigenvalue weighted by molar-refractivity contribution is 6.05. The van der Waals surface area contributed by atoms with E-state index >= 15 is 0 Å². The highest BCUT2D eigenvalue weighted by atomic mass is 19.4. The van der Waals surface area contributed by atoms with Crippen LogP contribution in [-0.4, -0.2) is 17.7 Å². The average Bonchev–Trinajstić information content (AvgIpc) is 2.48. The topological polar surface area (TPSA) is 55.5 Å². The average molecular weight is 336 g/mol. The molecule has 24 heavy (non-hydrogen) atoms. The van der Waals surface area contributed by atoms with Crippen molar-refractivity contribution in [2.45, 2.75) is 26.9 Å². The number of halogens is 3. The number of carbonyl (C=O) groups is 1. The minimum absolute atomic E-state index is 0.0604. The van der Waals surface area contributed by atoms with E-state index in [0.717, 1.165) is 6.08 Å². The van der Waals surface area contributed by atoms with Crippen LogP contribution >= 0.6 is 0 Å². The second-order valence-corrected chi connectivity index (χ2v) is 5.23. The van der Waals surface area contributed by atoms with E-state index in [1.807, 2.05) is 0 Å². The molecule has 128 valence electrons. The lowest BCUT2D eigenvalue weighted by Crippen LogP contribution is -2.19. The van der Waals surface area contributed by atoms with Gasteiger partial charge >= 0.3 is 6.18 Å². The molecular weight excluding hydrogens is 317 g/mol. The first-order chi connectivity index (χ1) is 11.0. The van der Waals surface area contributed by atoms with Crippen LogP contribution in [0.1, 0.15) is 26.3 Å². The summed E-state index contributed by atoms with van der Waals surface area (Å²) in [4.78, 5) is 15.3. The Labute approximate surface area is 139 Å². The van der Waals surface area contributed by atoms with Crippen molar-refractivity contribution in [2.24, 2.45) is 10.7 Å². The van der Waals surface area contributed by atoms with Crippen molar-refractivity contribution < 1.29 is 18.0 Å². The molecule has 1 aromatic rings. The van der Waals surface area contributed by atoms with E-state index in [-0.39, 0.29) is 22.7 Å². The van der Waals surface area contributed by atoms with Gasteiger partial charge in [-0.25, -0.2) is 4.99 Å². The standard InChI is InChI=1S/C18H19F3N2O/c1-11(15-8-6-5-7-9-15)10-16(18(19,20)21)13(3)23-17(12(2)22)14(4)24/h5-10H,1,22H2,2-4H3/b16-10+,17-12+,23-13-. The molecule has 0 unspecified atom stereocenters. The first-order valence-corrected chi connectivity index (χ1v) is 7.10. The van der Waals surface area contributed by atoms with Crippen molar-refractivity contribution in [3.63, 3.8) is 0 Å². The van der Waals surface area contributed by atoms with Crippen LogP contribution in [0.15, 0.2) is 64.9 Å². The fourth-order valence-electron chi connectivity index (χ4n) is 1.97. The molecule has 2 N–H and O–H groups in total. The van der Waals surface area contributed by atoms with Crippen molar-refractivity contribution in [3.05, 3.63) is 65.5 Å². The number of ketones is 1. The summed E-state index contributed by atoms with van der Waals surface area (Å²) in [7, 11) is 0. The first-order valence-electron chi connectivity index (χ1n) is 7.10. The zero-order valence-electron chi connectivity index (χ0n) is 13.7. The summed E-state index contributed by atoms with van der Waals surface area (Å²) in [6.45, 7) is 7.47. The minimum Gasteiger partial charge on any atom is -0.400 e. The summed E-state index contributed by atoms with van der Waals surface area (Å²) in [5, 5.41) is 0. The maximum atomic E-state index is 13.4. The first kappa shape index (κ1) is 19.4. The van der Waals surface area contributed by atoms with Gasteiger partial charge in [-0.2, -0.15) is 13.2 Å². The van der Waals surface area contributed by atoms with Gasteiger partial charge in [0.2, 0.25) is 0 Å². The van der Waals surface area contributed by atoms with E-state index in [0.29, 0.717) is 5.56 Å². The summed E-state index contributed by atoms with van der Waals surface area (Å²) >= 11 is 0. The summed E-state index contributed by atoms with van der Waals surface area (Å²) in [6.07, 6.45) is -3.73. The molecule has 0 amide bonds. The van der Waals surface area contributed by atoms with Gasteiger partial charge in [0.05, 0.1) is 11.3 Å². The van der Waals surface area contributed by atoms with Crippen molar-refractivity contribution in [2.75, 3.05) is 0 Å². The van der Waals surface area contributed by atoms with Crippen LogP contribution < -0.4 is 5.73 Å². The third-order valence-corrected chi connectivity index (χ3v) is 3.14. The summed E-state index contributed by atoms with van der Waals surface area (Å²) in [5.41, 5.74) is 4.82. The Morgan fingerprint density at radius 3 is 2.12 bits per heavy atom. The normalized spacial score (nSPS) is 14.2. The number of rotatable bonds is 5. The molecule has 0 aliphatic carbocycles. The maximum Gasteiger partial charge on any atom is 0.418 e. The zero-order valence-corrected chi connectivity index (χ0v) is 13.7. The molecule has 0 aliphatic rings. The van der Waals surface area contributed by atoms with Crippen LogP contribution in [0.25, 0.3) is 5.57 Å². The number of Topliss-reactive ketones (excluding diaryl/α,β-unsaturated/α-hetero) is 1. The van der Waals surface area contributed by atoms with E-state index in [4.69, 9.17) is 5.73 Å². The largest absolute Gasteiger partial charge is 0.418 e. The molecule has 0 saturated carbocycles. The predicted octanol–water partition coefficient (Wildman–Crippen LogP) is 4.43. The van der Waals surface area contributed by atoms with Crippen LogP contribution in [0.4, 0.5) is 13.2 Å². The van der Waals surface area contributed by atoms with E-state index in [1.165, 1.54) is 20.8 Å². The van der Waals surface area contributed by atoms with Crippen LogP contribution in [-0.2, 0) is 4.79 Å². The number of nitrogens with two attached hydrogens (primary N) is 1. The SMILES string of the molecule is C=C(\C=C(/C(C)=N\C(C(C)=O)=C(/C)N)C(F)(F)F)c1ccccc1. The number of carbonyl (C=O) groups excluding carboxylic acids is 1. The van der Waals surface area contributed by atoms with Gasteiger partial charge in [0.1, 0.15) is 5.70 Å². The second-order valence-electron chi connectivity index (χ2n) is 5.23. The van der Waals surface area contributed by atoms with Gasteiger partial charge < -0.3 is 5.73 Å². The number of allylic oxidation sites excluding steroid dienone is 5. The van der Waals surface area contributed by atoms with Crippen LogP contribution in [0, 0.1) is 0 Å². The van der Waals surface area contributed by atoms with Crippen LogP contribution in [0.3, 0.4) is 0 Å². The fraction of sp³-hybridized carbons (Fsp3) is 0.222. The Bertz CT molecular complexity index is 722. The molecule has 0 aliphatic heterocycles. The Morgan fingerprint density at radius 1 is 1.17 bits per heavy atom. The molecular formula is C18H19F3N2O. The lowest BCUT2D eigenvalue weighted by molar-refractivity contribution is -0.113. The molecule has 6 heteroatoms. The fourth-order valence-corrected chi connectivity index (χ4v) is 1.97. The number of hydrogen-bond donors (Lipinski definition) is 1. The van der Waals surface area contributed by atoms with Gasteiger partial charge in [0, 0.05) is 12.6 Å². The zero-order chi connectivity index (χ0) is 18.5. The van der Waals surface area contributed by atoms with Crippen LogP contribution in [0.5, 0.6) is 0 Å². The summed E-state index contributed by atoms with van der Waals surface area (Å²) in [5.74, 6) is -0.502. The molecule has 0 heterocycles. The third kappa shape index (κ3) is 5.22. The predicted molar refractivity (Wildman–Crippen MR) is 90.3 cm³/mol. The van der Waals surface area contributed by atoms with Gasteiger partial charge in [-0.15, -0.1) is 0 Å². The maximum absolute atomic E-state index is 13.4. The number of hydrogen-bond acceptors (Lipinski definition) is 3. The number of nitrogens with zero attached hydrogens (tertiary/aromatic N) is 1. The quantitative estimate of drug-likeness (QED) is 0.491. The highest BCUT2D eigenvalue weighted by Crippen LogP contribution is 2.30. The smallest absolute Gasteiger partial charge is 0.400 e. The van der Waals surface area contributed by atoms with Crippen molar-refractivity contribution in [1.29, 1.82) is 0 Å². The molecule has 1 aromatic carbocycles. The molecule has 0 atom stereocenters. The number of benzene rings is 1. The monoisotopic (exact) mass is 336 g/mol. The Hall–Kier alpha value is -2.63. The summed E-state index contributed by atoms with van der Waals surface area (Å²) < 4.78 is 40.1. The van der Waals surface area contributed by atoms with Gasteiger partial charge in [0.15, 0.2) is 5.78 Å². The summed E-state index contributed by atoms with van der Waals surface area (Å²) in [6, 6.07) is 8.48. The number of aliphatic imine (C=N–C) groups is 1. The molecule has 0 radical (unpaired) electrons. The lowest BCUT2D eigenvalue weighted by atomic mass is 10.0. The second kappa shape index (κ2) is 7.77. The highest BCUT2D eigenvalue weighted by Gasteiger charge is 2.35. The van der Waals surface area contributed by atoms with Crippen molar-refractivity contribution >= 4 is 17.1 Å². The lowest BCUT2D eigenvalue weighted by Gasteiger charge is -2.13. The molecule has 0 saturated heterocycles. The van der Waals surface area contributed by atoms with E-state index < -0.39 is 17.5 Å². The molecule has 0 fully saturated rings. The molecule has 0 spiro atoms. The minimum atomic E-state index is -4.64. The van der Waals surface area contributed by atoms with Crippen molar-refractivity contribution in [3.8, 4) is 0 Å². The molecule has 0 bridgehead atoms. The van der Waals surface area contributed by atoms with Gasteiger partial charge in [-0.05, 0) is 31.1 Å². The number of alkyl halides is 3. The van der Waals surface area contributed by atoms with E-state index in [1.54, 1.807) is 30.3 Å². The molecule has 0 aromatic heterocycles. The van der Waals surface area contributed by atoms with Crippen LogP contribution in [0.2, 0.25) is 0 Å². The van der Waals surface area contributed by atoms with E-state index in [2.05, 4.69) is 11.6 Å². The third-order valence-electron chi connectivity index (χ3n) is 3.14. The Kier molecular flexibility index (Phi) is 6.28. The van der Waals surface area contributed by atoms with Crippen molar-refractivity contribution in [1.82, 2.24) is 0 Å². The molecule has 1 rings (SSSR count). The van der Waals surface area contributed by atoms with E-state index in [9.17, 15) is 18.0 Å². The Balaban J connectivity index is 3.38. The Morgan fingerprint density at radius 2 is 1.71 bits per heavy atom. The van der Waals surface area contributed by atoms with Gasteiger partial charge in [-0.1, -0.05) is 36.9 Å². The van der Waals surface area contributed by atoms with Gasteiger partial charge in [0.25, 0.3) is 0 Å². The molecule has 3 nitrogen and oxygen atoms in total.